The van der Waals surface area contributed by atoms with E-state index in [1.54, 1.807) is 0 Å². The Morgan fingerprint density at radius 2 is 1.81 bits per heavy atom. The maximum atomic E-state index is 11.9. The number of benzene rings is 1. The van der Waals surface area contributed by atoms with Gasteiger partial charge in [0, 0.05) is 25.9 Å². The molecule has 0 saturated heterocycles. The fourth-order valence-corrected chi connectivity index (χ4v) is 2.86. The summed E-state index contributed by atoms with van der Waals surface area (Å²) in [5, 5.41) is 5.78. The Balaban J connectivity index is 1.62. The molecule has 0 aromatic heterocycles. The average molecular weight is 362 g/mol. The summed E-state index contributed by atoms with van der Waals surface area (Å²) in [6.45, 7) is 5.67. The normalized spacial score (nSPS) is 13.3. The number of carbonyl (C=O) groups is 2. The van der Waals surface area contributed by atoms with Crippen molar-refractivity contribution >= 4 is 11.8 Å². The lowest BCUT2D eigenvalue weighted by atomic mass is 9.99. The van der Waals surface area contributed by atoms with Crippen molar-refractivity contribution in [2.45, 2.75) is 58.9 Å². The standard InChI is InChI=1S/C20H30N2O4/c1-3-5-6-15(4-2)12-21-19(23)9-10-20(24)22-13-16-7-8-17-18(11-16)26-14-25-17/h7-8,11,15H,3-6,9-10,12-14H2,1-2H3,(H,21,23)(H,22,24). The fourth-order valence-electron chi connectivity index (χ4n) is 2.86. The molecular formula is C20H30N2O4. The van der Waals surface area contributed by atoms with Crippen molar-refractivity contribution in [3.63, 3.8) is 0 Å². The van der Waals surface area contributed by atoms with E-state index < -0.39 is 0 Å². The van der Waals surface area contributed by atoms with E-state index in [2.05, 4.69) is 24.5 Å². The van der Waals surface area contributed by atoms with Crippen molar-refractivity contribution in [1.29, 1.82) is 0 Å². The molecule has 1 unspecified atom stereocenters. The van der Waals surface area contributed by atoms with Crippen molar-refractivity contribution < 1.29 is 19.1 Å². The first-order chi connectivity index (χ1) is 12.6. The summed E-state index contributed by atoms with van der Waals surface area (Å²) < 4.78 is 10.6. The van der Waals surface area contributed by atoms with Gasteiger partial charge in [0.2, 0.25) is 18.6 Å². The molecule has 0 radical (unpaired) electrons. The van der Waals surface area contributed by atoms with Crippen LogP contribution in [0.3, 0.4) is 0 Å². The zero-order chi connectivity index (χ0) is 18.8. The van der Waals surface area contributed by atoms with Crippen LogP contribution in [-0.4, -0.2) is 25.2 Å². The first-order valence-corrected chi connectivity index (χ1v) is 9.54. The minimum absolute atomic E-state index is 0.0572. The highest BCUT2D eigenvalue weighted by atomic mass is 16.7. The molecular weight excluding hydrogens is 332 g/mol. The summed E-state index contributed by atoms with van der Waals surface area (Å²) >= 11 is 0. The minimum atomic E-state index is -0.129. The van der Waals surface area contributed by atoms with Gasteiger partial charge in [0.05, 0.1) is 0 Å². The number of fused-ring (bicyclic) bond motifs is 1. The summed E-state index contributed by atoms with van der Waals surface area (Å²) in [5.74, 6) is 1.76. The quantitative estimate of drug-likeness (QED) is 0.634. The Morgan fingerprint density at radius 3 is 2.54 bits per heavy atom. The van der Waals surface area contributed by atoms with Crippen molar-refractivity contribution in [3.05, 3.63) is 23.8 Å². The van der Waals surface area contributed by atoms with Gasteiger partial charge in [-0.15, -0.1) is 0 Å². The van der Waals surface area contributed by atoms with Crippen LogP contribution < -0.4 is 20.1 Å². The van der Waals surface area contributed by atoms with Crippen molar-refractivity contribution in [2.75, 3.05) is 13.3 Å². The number of unbranched alkanes of at least 4 members (excludes halogenated alkanes) is 1. The molecule has 1 heterocycles. The van der Waals surface area contributed by atoms with E-state index in [1.165, 1.54) is 12.8 Å². The van der Waals surface area contributed by atoms with Gasteiger partial charge in [-0.25, -0.2) is 0 Å². The minimum Gasteiger partial charge on any atom is -0.454 e. The van der Waals surface area contributed by atoms with E-state index >= 15 is 0 Å². The lowest BCUT2D eigenvalue weighted by molar-refractivity contribution is -0.126. The molecule has 0 fully saturated rings. The Kier molecular flexibility index (Phi) is 8.25. The molecule has 2 rings (SSSR count). The van der Waals surface area contributed by atoms with E-state index in [1.807, 2.05) is 18.2 Å². The summed E-state index contributed by atoms with van der Waals surface area (Å²) in [5.41, 5.74) is 0.939. The second-order valence-electron chi connectivity index (χ2n) is 6.68. The second kappa shape index (κ2) is 10.7. The molecule has 0 saturated carbocycles. The number of ether oxygens (including phenoxy) is 2. The molecule has 26 heavy (non-hydrogen) atoms. The molecule has 2 amide bonds. The summed E-state index contributed by atoms with van der Waals surface area (Å²) in [6.07, 6.45) is 4.99. The summed E-state index contributed by atoms with van der Waals surface area (Å²) in [6, 6.07) is 5.58. The highest BCUT2D eigenvalue weighted by molar-refractivity contribution is 5.83. The van der Waals surface area contributed by atoms with Crippen LogP contribution in [0.15, 0.2) is 18.2 Å². The third kappa shape index (κ3) is 6.58. The average Bonchev–Trinajstić information content (AvgIpc) is 3.12. The topological polar surface area (TPSA) is 76.7 Å². The number of hydrogen-bond donors (Lipinski definition) is 2. The molecule has 1 aromatic carbocycles. The third-order valence-corrected chi connectivity index (χ3v) is 4.64. The fraction of sp³-hybridized carbons (Fsp3) is 0.600. The molecule has 1 aromatic rings. The van der Waals surface area contributed by atoms with Gasteiger partial charge < -0.3 is 20.1 Å². The number of rotatable bonds is 11. The lowest BCUT2D eigenvalue weighted by Crippen LogP contribution is -2.31. The van der Waals surface area contributed by atoms with E-state index in [4.69, 9.17) is 9.47 Å². The van der Waals surface area contributed by atoms with Gasteiger partial charge in [0.1, 0.15) is 0 Å². The molecule has 6 nitrogen and oxygen atoms in total. The van der Waals surface area contributed by atoms with Crippen LogP contribution in [0.1, 0.15) is 57.9 Å². The molecule has 0 aliphatic carbocycles. The lowest BCUT2D eigenvalue weighted by Gasteiger charge is -2.15. The third-order valence-electron chi connectivity index (χ3n) is 4.64. The van der Waals surface area contributed by atoms with Gasteiger partial charge in [-0.1, -0.05) is 39.2 Å². The number of nitrogens with one attached hydrogen (secondary N) is 2. The molecule has 0 bridgehead atoms. The van der Waals surface area contributed by atoms with Crippen molar-refractivity contribution in [3.8, 4) is 11.5 Å². The summed E-state index contributed by atoms with van der Waals surface area (Å²) in [7, 11) is 0. The Labute approximate surface area is 155 Å². The molecule has 0 spiro atoms. The van der Waals surface area contributed by atoms with E-state index in [9.17, 15) is 9.59 Å². The van der Waals surface area contributed by atoms with Gasteiger partial charge in [-0.2, -0.15) is 0 Å². The molecule has 2 N–H and O–H groups in total. The number of carbonyl (C=O) groups excluding carboxylic acids is 2. The predicted molar refractivity (Wildman–Crippen MR) is 100.0 cm³/mol. The van der Waals surface area contributed by atoms with Gasteiger partial charge in [-0.3, -0.25) is 9.59 Å². The van der Waals surface area contributed by atoms with Crippen LogP contribution in [0.2, 0.25) is 0 Å². The second-order valence-corrected chi connectivity index (χ2v) is 6.68. The number of amides is 2. The maximum absolute atomic E-state index is 11.9. The molecule has 144 valence electrons. The Hall–Kier alpha value is -2.24. The highest BCUT2D eigenvalue weighted by Gasteiger charge is 2.14. The molecule has 1 aliphatic rings. The van der Waals surface area contributed by atoms with Gasteiger partial charge >= 0.3 is 0 Å². The van der Waals surface area contributed by atoms with E-state index in [0.717, 1.165) is 24.2 Å². The van der Waals surface area contributed by atoms with Crippen molar-refractivity contribution in [2.24, 2.45) is 5.92 Å². The monoisotopic (exact) mass is 362 g/mol. The van der Waals surface area contributed by atoms with Crippen LogP contribution in [0.25, 0.3) is 0 Å². The zero-order valence-corrected chi connectivity index (χ0v) is 15.8. The smallest absolute Gasteiger partial charge is 0.231 e. The zero-order valence-electron chi connectivity index (χ0n) is 15.8. The Morgan fingerprint density at radius 1 is 1.08 bits per heavy atom. The van der Waals surface area contributed by atoms with Gasteiger partial charge in [-0.05, 0) is 30.0 Å². The molecule has 1 aliphatic heterocycles. The van der Waals surface area contributed by atoms with E-state index in [0.29, 0.717) is 24.8 Å². The molecule has 1 atom stereocenters. The number of hydrogen-bond acceptors (Lipinski definition) is 4. The van der Waals surface area contributed by atoms with E-state index in [-0.39, 0.29) is 31.4 Å². The van der Waals surface area contributed by atoms with Crippen LogP contribution in [-0.2, 0) is 16.1 Å². The van der Waals surface area contributed by atoms with Crippen LogP contribution in [0.5, 0.6) is 11.5 Å². The predicted octanol–water partition coefficient (Wildman–Crippen LogP) is 3.14. The van der Waals surface area contributed by atoms with Crippen LogP contribution in [0.4, 0.5) is 0 Å². The Bertz CT molecular complexity index is 603. The maximum Gasteiger partial charge on any atom is 0.231 e. The first-order valence-electron chi connectivity index (χ1n) is 9.54. The first kappa shape index (κ1) is 20.1. The summed E-state index contributed by atoms with van der Waals surface area (Å²) in [4.78, 5) is 23.9. The van der Waals surface area contributed by atoms with Crippen molar-refractivity contribution in [1.82, 2.24) is 10.6 Å². The van der Waals surface area contributed by atoms with Crippen LogP contribution in [0, 0.1) is 5.92 Å². The van der Waals surface area contributed by atoms with Gasteiger partial charge in [0.25, 0.3) is 0 Å². The molecule has 6 heteroatoms. The van der Waals surface area contributed by atoms with Crippen LogP contribution >= 0.6 is 0 Å². The SMILES string of the molecule is CCCCC(CC)CNC(=O)CCC(=O)NCc1ccc2c(c1)OCO2. The largest absolute Gasteiger partial charge is 0.454 e. The van der Waals surface area contributed by atoms with Gasteiger partial charge in [0.15, 0.2) is 11.5 Å². The highest BCUT2D eigenvalue weighted by Crippen LogP contribution is 2.32.